The molecule has 1 aromatic carbocycles. The van der Waals surface area contributed by atoms with E-state index in [1.807, 2.05) is 48.5 Å². The summed E-state index contributed by atoms with van der Waals surface area (Å²) in [6.45, 7) is 0. The Kier molecular flexibility index (Phi) is 4.48. The van der Waals surface area contributed by atoms with Crippen LogP contribution in [0.3, 0.4) is 0 Å². The lowest BCUT2D eigenvalue weighted by Gasteiger charge is -2.03. The zero-order valence-corrected chi connectivity index (χ0v) is 12.7. The van der Waals surface area contributed by atoms with Gasteiger partial charge in [0, 0.05) is 28.7 Å². The van der Waals surface area contributed by atoms with Crippen LogP contribution in [0.1, 0.15) is 5.56 Å². The Morgan fingerprint density at radius 1 is 0.857 bits per heavy atom. The minimum atomic E-state index is 0.755. The maximum absolute atomic E-state index is 5.87. The molecule has 0 fully saturated rings. The van der Waals surface area contributed by atoms with E-state index in [1.165, 1.54) is 5.56 Å². The highest BCUT2D eigenvalue weighted by molar-refractivity contribution is 7.98. The number of thioether (sulfide) groups is 1. The smallest absolute Gasteiger partial charge is 0.119 e. The Bertz CT molecular complexity index is 700. The van der Waals surface area contributed by atoms with Gasteiger partial charge in [0.25, 0.3) is 0 Å². The predicted molar refractivity (Wildman–Crippen MR) is 86.3 cm³/mol. The largest absolute Gasteiger partial charge is 0.265 e. The average molecular weight is 314 g/mol. The van der Waals surface area contributed by atoms with Gasteiger partial charge in [0.1, 0.15) is 5.03 Å². The SMILES string of the molecule is Clc1ccc(CSc2ccc(-c3ccncc3)nn2)cc1. The van der Waals surface area contributed by atoms with E-state index in [4.69, 9.17) is 11.6 Å². The fourth-order valence-electron chi connectivity index (χ4n) is 1.81. The van der Waals surface area contributed by atoms with Crippen molar-refractivity contribution in [3.8, 4) is 11.3 Å². The molecule has 5 heteroatoms. The number of aromatic nitrogens is 3. The lowest BCUT2D eigenvalue weighted by atomic mass is 10.2. The van der Waals surface area contributed by atoms with Crippen LogP contribution in [0.25, 0.3) is 11.3 Å². The van der Waals surface area contributed by atoms with Gasteiger partial charge in [-0.25, -0.2) is 0 Å². The number of pyridine rings is 1. The van der Waals surface area contributed by atoms with Crippen LogP contribution in [0.15, 0.2) is 66.0 Å². The highest BCUT2D eigenvalue weighted by Crippen LogP contribution is 2.23. The van der Waals surface area contributed by atoms with E-state index in [1.54, 1.807) is 24.2 Å². The Morgan fingerprint density at radius 3 is 2.29 bits per heavy atom. The second kappa shape index (κ2) is 6.70. The van der Waals surface area contributed by atoms with Crippen LogP contribution in [-0.2, 0) is 5.75 Å². The highest BCUT2D eigenvalue weighted by atomic mass is 35.5. The number of nitrogens with zero attached hydrogens (tertiary/aromatic N) is 3. The standard InChI is InChI=1S/C16H12ClN3S/c17-14-3-1-12(2-4-14)11-21-16-6-5-15(19-20-16)13-7-9-18-10-8-13/h1-10H,11H2. The van der Waals surface area contributed by atoms with Gasteiger partial charge in [0.15, 0.2) is 0 Å². The van der Waals surface area contributed by atoms with Gasteiger partial charge in [-0.05, 0) is 42.0 Å². The monoisotopic (exact) mass is 313 g/mol. The molecule has 0 aliphatic rings. The summed E-state index contributed by atoms with van der Waals surface area (Å²) in [6.07, 6.45) is 3.50. The van der Waals surface area contributed by atoms with Gasteiger partial charge >= 0.3 is 0 Å². The molecule has 0 amide bonds. The summed E-state index contributed by atoms with van der Waals surface area (Å²) in [4.78, 5) is 4.00. The third kappa shape index (κ3) is 3.80. The number of hydrogen-bond acceptors (Lipinski definition) is 4. The number of benzene rings is 1. The highest BCUT2D eigenvalue weighted by Gasteiger charge is 2.02. The van der Waals surface area contributed by atoms with Crippen molar-refractivity contribution in [2.24, 2.45) is 0 Å². The lowest BCUT2D eigenvalue weighted by molar-refractivity contribution is 0.935. The molecular weight excluding hydrogens is 302 g/mol. The number of hydrogen-bond donors (Lipinski definition) is 0. The Hall–Kier alpha value is -1.91. The number of halogens is 1. The molecule has 3 aromatic rings. The van der Waals surface area contributed by atoms with Crippen molar-refractivity contribution in [3.05, 3.63) is 71.5 Å². The molecule has 2 aromatic heterocycles. The fourth-order valence-corrected chi connectivity index (χ4v) is 2.71. The third-order valence-electron chi connectivity index (χ3n) is 2.92. The molecule has 0 radical (unpaired) electrons. The maximum atomic E-state index is 5.87. The van der Waals surface area contributed by atoms with Crippen molar-refractivity contribution in [1.82, 2.24) is 15.2 Å². The lowest BCUT2D eigenvalue weighted by Crippen LogP contribution is -1.90. The van der Waals surface area contributed by atoms with Crippen LogP contribution in [0.2, 0.25) is 5.02 Å². The van der Waals surface area contributed by atoms with Crippen molar-refractivity contribution < 1.29 is 0 Å². The molecule has 0 saturated heterocycles. The molecular formula is C16H12ClN3S. The van der Waals surface area contributed by atoms with Crippen molar-refractivity contribution in [3.63, 3.8) is 0 Å². The van der Waals surface area contributed by atoms with Gasteiger partial charge in [0.2, 0.25) is 0 Å². The van der Waals surface area contributed by atoms with Crippen LogP contribution in [0.4, 0.5) is 0 Å². The van der Waals surface area contributed by atoms with Gasteiger partial charge in [-0.15, -0.1) is 10.2 Å². The third-order valence-corrected chi connectivity index (χ3v) is 4.16. The van der Waals surface area contributed by atoms with Crippen molar-refractivity contribution >= 4 is 23.4 Å². The van der Waals surface area contributed by atoms with E-state index in [-0.39, 0.29) is 0 Å². The first kappa shape index (κ1) is 14.0. The molecule has 3 rings (SSSR count). The minimum Gasteiger partial charge on any atom is -0.265 e. The first-order valence-electron chi connectivity index (χ1n) is 6.43. The normalized spacial score (nSPS) is 10.5. The summed E-state index contributed by atoms with van der Waals surface area (Å²) in [5.74, 6) is 0.848. The first-order chi connectivity index (χ1) is 10.3. The van der Waals surface area contributed by atoms with E-state index < -0.39 is 0 Å². The van der Waals surface area contributed by atoms with Gasteiger partial charge in [-0.2, -0.15) is 0 Å². The zero-order valence-electron chi connectivity index (χ0n) is 11.1. The molecule has 0 aliphatic heterocycles. The second-order valence-corrected chi connectivity index (χ2v) is 5.84. The molecule has 0 atom stereocenters. The molecule has 3 nitrogen and oxygen atoms in total. The quantitative estimate of drug-likeness (QED) is 0.665. The summed E-state index contributed by atoms with van der Waals surface area (Å²) in [6, 6.07) is 15.7. The Labute approximate surface area is 132 Å². The number of rotatable bonds is 4. The maximum Gasteiger partial charge on any atom is 0.119 e. The van der Waals surface area contributed by atoms with E-state index in [9.17, 15) is 0 Å². The van der Waals surface area contributed by atoms with Gasteiger partial charge in [-0.3, -0.25) is 4.98 Å². The van der Waals surface area contributed by atoms with Crippen molar-refractivity contribution in [2.45, 2.75) is 10.8 Å². The summed E-state index contributed by atoms with van der Waals surface area (Å²) >= 11 is 7.53. The summed E-state index contributed by atoms with van der Waals surface area (Å²) in [5, 5.41) is 10.2. The summed E-state index contributed by atoms with van der Waals surface area (Å²) in [7, 11) is 0. The van der Waals surface area contributed by atoms with Crippen LogP contribution in [0.5, 0.6) is 0 Å². The second-order valence-electron chi connectivity index (χ2n) is 4.41. The van der Waals surface area contributed by atoms with E-state index >= 15 is 0 Å². The molecule has 0 N–H and O–H groups in total. The molecule has 104 valence electrons. The Balaban J connectivity index is 1.66. The van der Waals surface area contributed by atoms with Crippen molar-refractivity contribution in [1.29, 1.82) is 0 Å². The van der Waals surface area contributed by atoms with Crippen LogP contribution >= 0.6 is 23.4 Å². The summed E-state index contributed by atoms with van der Waals surface area (Å²) in [5.41, 5.74) is 3.09. The van der Waals surface area contributed by atoms with E-state index in [0.29, 0.717) is 0 Å². The molecule has 2 heterocycles. The van der Waals surface area contributed by atoms with Crippen LogP contribution in [-0.4, -0.2) is 15.2 Å². The molecule has 0 unspecified atom stereocenters. The molecule has 0 saturated carbocycles. The molecule has 0 bridgehead atoms. The van der Waals surface area contributed by atoms with Crippen LogP contribution in [0, 0.1) is 0 Å². The molecule has 21 heavy (non-hydrogen) atoms. The summed E-state index contributed by atoms with van der Waals surface area (Å²) < 4.78 is 0. The minimum absolute atomic E-state index is 0.755. The van der Waals surface area contributed by atoms with Crippen LogP contribution < -0.4 is 0 Å². The zero-order chi connectivity index (χ0) is 14.5. The van der Waals surface area contributed by atoms with E-state index in [0.717, 1.165) is 27.1 Å². The van der Waals surface area contributed by atoms with Crippen molar-refractivity contribution in [2.75, 3.05) is 0 Å². The molecule has 0 spiro atoms. The van der Waals surface area contributed by atoms with Gasteiger partial charge in [0.05, 0.1) is 5.69 Å². The van der Waals surface area contributed by atoms with Gasteiger partial charge in [-0.1, -0.05) is 35.5 Å². The predicted octanol–water partition coefficient (Wildman–Crippen LogP) is 4.48. The van der Waals surface area contributed by atoms with E-state index in [2.05, 4.69) is 15.2 Å². The first-order valence-corrected chi connectivity index (χ1v) is 7.79. The topological polar surface area (TPSA) is 38.7 Å². The fraction of sp³-hybridized carbons (Fsp3) is 0.0625. The Morgan fingerprint density at radius 2 is 1.62 bits per heavy atom. The average Bonchev–Trinajstić information content (AvgIpc) is 2.56. The van der Waals surface area contributed by atoms with Gasteiger partial charge < -0.3 is 0 Å². The molecule has 0 aliphatic carbocycles.